The van der Waals surface area contributed by atoms with Crippen molar-refractivity contribution in [2.24, 2.45) is 5.92 Å². The normalized spacial score (nSPS) is 14.9. The molecule has 2 aromatic rings. The molecule has 0 saturated heterocycles. The van der Waals surface area contributed by atoms with Crippen molar-refractivity contribution in [2.75, 3.05) is 11.9 Å². The van der Waals surface area contributed by atoms with Crippen molar-refractivity contribution in [3.8, 4) is 11.5 Å². The second-order valence-corrected chi connectivity index (χ2v) is 4.37. The van der Waals surface area contributed by atoms with Gasteiger partial charge in [-0.15, -0.1) is 0 Å². The molecule has 1 aliphatic rings. The summed E-state index contributed by atoms with van der Waals surface area (Å²) in [6.45, 7) is 2.78. The predicted octanol–water partition coefficient (Wildman–Crippen LogP) is 2.26. The Bertz CT molecular complexity index is 519. The highest BCUT2D eigenvalue weighted by Gasteiger charge is 2.21. The topological polar surface area (TPSA) is 63.8 Å². The number of hydrogen-bond acceptors (Lipinski definition) is 5. The van der Waals surface area contributed by atoms with Gasteiger partial charge in [-0.05, 0) is 37.8 Å². The van der Waals surface area contributed by atoms with Crippen molar-refractivity contribution in [2.45, 2.75) is 19.8 Å². The summed E-state index contributed by atoms with van der Waals surface area (Å²) in [5, 5.41) is 7.14. The van der Waals surface area contributed by atoms with E-state index in [0.717, 1.165) is 23.8 Å². The van der Waals surface area contributed by atoms with Gasteiger partial charge in [0, 0.05) is 12.7 Å². The molecule has 2 aromatic heterocycles. The number of pyridine rings is 1. The lowest BCUT2D eigenvalue weighted by Crippen LogP contribution is -2.06. The molecule has 0 radical (unpaired) electrons. The highest BCUT2D eigenvalue weighted by molar-refractivity contribution is 5.68. The first-order valence-electron chi connectivity index (χ1n) is 5.82. The van der Waals surface area contributed by atoms with E-state index in [1.165, 1.54) is 12.8 Å². The third kappa shape index (κ3) is 2.27. The average Bonchev–Trinajstić information content (AvgIpc) is 3.08. The quantitative estimate of drug-likeness (QED) is 0.872. The average molecular weight is 230 g/mol. The first-order chi connectivity index (χ1) is 8.33. The standard InChI is InChI=1S/C12H14N4O/c1-8-15-12(17-16-8)10-3-2-6-13-11(10)14-7-9-4-5-9/h2-3,6,9H,4-5,7H2,1H3,(H,13,14). The fourth-order valence-electron chi connectivity index (χ4n) is 1.69. The summed E-state index contributed by atoms with van der Waals surface area (Å²) in [6.07, 6.45) is 4.39. The van der Waals surface area contributed by atoms with Gasteiger partial charge in [-0.1, -0.05) is 5.16 Å². The van der Waals surface area contributed by atoms with Gasteiger partial charge >= 0.3 is 0 Å². The largest absolute Gasteiger partial charge is 0.369 e. The van der Waals surface area contributed by atoms with E-state index in [4.69, 9.17) is 4.52 Å². The van der Waals surface area contributed by atoms with Crippen molar-refractivity contribution >= 4 is 5.82 Å². The maximum atomic E-state index is 5.17. The third-order valence-corrected chi connectivity index (χ3v) is 2.82. The molecule has 0 spiro atoms. The molecule has 0 unspecified atom stereocenters. The Morgan fingerprint density at radius 3 is 3.06 bits per heavy atom. The van der Waals surface area contributed by atoms with E-state index in [0.29, 0.717) is 11.7 Å². The van der Waals surface area contributed by atoms with E-state index in [2.05, 4.69) is 20.4 Å². The molecule has 88 valence electrons. The van der Waals surface area contributed by atoms with Gasteiger partial charge in [0.15, 0.2) is 5.82 Å². The molecule has 2 heterocycles. The van der Waals surface area contributed by atoms with Crippen LogP contribution in [-0.2, 0) is 0 Å². The summed E-state index contributed by atoms with van der Waals surface area (Å²) >= 11 is 0. The number of aromatic nitrogens is 3. The van der Waals surface area contributed by atoms with Crippen LogP contribution in [0.1, 0.15) is 18.7 Å². The van der Waals surface area contributed by atoms with Crippen LogP contribution in [0.3, 0.4) is 0 Å². The fraction of sp³-hybridized carbons (Fsp3) is 0.417. The third-order valence-electron chi connectivity index (χ3n) is 2.82. The second kappa shape index (κ2) is 4.16. The number of nitrogens with zero attached hydrogens (tertiary/aromatic N) is 3. The molecule has 0 bridgehead atoms. The van der Waals surface area contributed by atoms with Crippen LogP contribution in [0.4, 0.5) is 5.82 Å². The summed E-state index contributed by atoms with van der Waals surface area (Å²) in [5.74, 6) is 2.78. The Labute approximate surface area is 99.3 Å². The lowest BCUT2D eigenvalue weighted by Gasteiger charge is -2.07. The predicted molar refractivity (Wildman–Crippen MR) is 63.5 cm³/mol. The van der Waals surface area contributed by atoms with Crippen molar-refractivity contribution in [1.29, 1.82) is 0 Å². The molecule has 17 heavy (non-hydrogen) atoms. The zero-order chi connectivity index (χ0) is 11.7. The number of nitrogens with one attached hydrogen (secondary N) is 1. The molecule has 0 aromatic carbocycles. The van der Waals surface area contributed by atoms with Gasteiger partial charge in [0.05, 0.1) is 5.56 Å². The van der Waals surface area contributed by atoms with Crippen LogP contribution in [0.15, 0.2) is 22.9 Å². The van der Waals surface area contributed by atoms with Gasteiger partial charge < -0.3 is 9.84 Å². The van der Waals surface area contributed by atoms with E-state index in [1.54, 1.807) is 13.1 Å². The summed E-state index contributed by atoms with van der Waals surface area (Å²) in [4.78, 5) is 8.55. The second-order valence-electron chi connectivity index (χ2n) is 4.37. The Morgan fingerprint density at radius 2 is 2.35 bits per heavy atom. The van der Waals surface area contributed by atoms with Gasteiger partial charge in [-0.3, -0.25) is 0 Å². The number of hydrogen-bond donors (Lipinski definition) is 1. The van der Waals surface area contributed by atoms with Crippen LogP contribution in [0.25, 0.3) is 11.5 Å². The summed E-state index contributed by atoms with van der Waals surface area (Å²) in [5.41, 5.74) is 0.869. The minimum Gasteiger partial charge on any atom is -0.369 e. The SMILES string of the molecule is Cc1noc(-c2cccnc2NCC2CC2)n1. The van der Waals surface area contributed by atoms with Crippen molar-refractivity contribution < 1.29 is 4.52 Å². The molecule has 1 fully saturated rings. The molecule has 3 rings (SSSR count). The lowest BCUT2D eigenvalue weighted by molar-refractivity contribution is 0.425. The number of anilines is 1. The maximum Gasteiger partial charge on any atom is 0.261 e. The molecular formula is C12H14N4O. The van der Waals surface area contributed by atoms with Crippen molar-refractivity contribution in [3.05, 3.63) is 24.2 Å². The highest BCUT2D eigenvalue weighted by Crippen LogP contribution is 2.30. The minimum atomic E-state index is 0.522. The van der Waals surface area contributed by atoms with E-state index >= 15 is 0 Å². The minimum absolute atomic E-state index is 0.522. The van der Waals surface area contributed by atoms with Crippen LogP contribution < -0.4 is 5.32 Å². The zero-order valence-corrected chi connectivity index (χ0v) is 9.68. The first-order valence-corrected chi connectivity index (χ1v) is 5.82. The summed E-state index contributed by atoms with van der Waals surface area (Å²) in [7, 11) is 0. The van der Waals surface area contributed by atoms with E-state index in [9.17, 15) is 0 Å². The summed E-state index contributed by atoms with van der Waals surface area (Å²) in [6, 6.07) is 3.81. The molecule has 1 N–H and O–H groups in total. The Morgan fingerprint density at radius 1 is 1.47 bits per heavy atom. The zero-order valence-electron chi connectivity index (χ0n) is 9.68. The Balaban J connectivity index is 1.86. The Hall–Kier alpha value is -1.91. The molecule has 0 atom stereocenters. The van der Waals surface area contributed by atoms with Crippen molar-refractivity contribution in [3.63, 3.8) is 0 Å². The van der Waals surface area contributed by atoms with E-state index < -0.39 is 0 Å². The van der Waals surface area contributed by atoms with Crippen molar-refractivity contribution in [1.82, 2.24) is 15.1 Å². The molecule has 1 aliphatic carbocycles. The number of aryl methyl sites for hydroxylation is 1. The van der Waals surface area contributed by atoms with Crippen LogP contribution in [0.2, 0.25) is 0 Å². The van der Waals surface area contributed by atoms with Gasteiger partial charge in [-0.25, -0.2) is 4.98 Å². The van der Waals surface area contributed by atoms with Crippen LogP contribution in [0, 0.1) is 12.8 Å². The Kier molecular flexibility index (Phi) is 2.51. The molecule has 0 aliphatic heterocycles. The number of rotatable bonds is 4. The van der Waals surface area contributed by atoms with Gasteiger partial charge in [0.1, 0.15) is 5.82 Å². The van der Waals surface area contributed by atoms with Gasteiger partial charge in [0.2, 0.25) is 0 Å². The highest BCUT2D eigenvalue weighted by atomic mass is 16.5. The fourth-order valence-corrected chi connectivity index (χ4v) is 1.69. The van der Waals surface area contributed by atoms with Crippen LogP contribution in [0.5, 0.6) is 0 Å². The molecular weight excluding hydrogens is 216 g/mol. The monoisotopic (exact) mass is 230 g/mol. The summed E-state index contributed by atoms with van der Waals surface area (Å²) < 4.78 is 5.17. The first kappa shape index (κ1) is 10.3. The molecule has 5 heteroatoms. The van der Waals surface area contributed by atoms with Crippen LogP contribution in [-0.4, -0.2) is 21.7 Å². The van der Waals surface area contributed by atoms with E-state index in [1.807, 2.05) is 12.1 Å². The smallest absolute Gasteiger partial charge is 0.261 e. The molecule has 5 nitrogen and oxygen atoms in total. The van der Waals surface area contributed by atoms with E-state index in [-0.39, 0.29) is 0 Å². The van der Waals surface area contributed by atoms with Crippen LogP contribution >= 0.6 is 0 Å². The molecule has 0 amide bonds. The lowest BCUT2D eigenvalue weighted by atomic mass is 10.2. The molecule has 1 saturated carbocycles. The van der Waals surface area contributed by atoms with Gasteiger partial charge in [-0.2, -0.15) is 4.98 Å². The van der Waals surface area contributed by atoms with Gasteiger partial charge in [0.25, 0.3) is 5.89 Å². The maximum absolute atomic E-state index is 5.17.